The number of nitrogens with one attached hydrogen (secondary N) is 2. The molecule has 0 aliphatic carbocycles. The van der Waals surface area contributed by atoms with Crippen molar-refractivity contribution >= 4 is 38.6 Å². The van der Waals surface area contributed by atoms with Gasteiger partial charge in [-0.25, -0.2) is 13.4 Å². The molecule has 3 rings (SSSR count). The molecule has 1 saturated heterocycles. The number of hydrogen-bond donors (Lipinski definition) is 2. The predicted molar refractivity (Wildman–Crippen MR) is 123 cm³/mol. The Balaban J connectivity index is 1.37. The fraction of sp³-hybridized carbons (Fsp3) is 0.524. The minimum Gasteiger partial charge on any atom is -0.372 e. The van der Waals surface area contributed by atoms with E-state index in [0.717, 1.165) is 48.7 Å². The Hall–Kier alpha value is -2.13. The SMILES string of the molecule is Cc1csc(CCCCNC(=O)CS(=O)(=O)Nc2ccc(N3CCCCC3)cc2)n1. The van der Waals surface area contributed by atoms with Crippen molar-refractivity contribution < 1.29 is 13.2 Å². The van der Waals surface area contributed by atoms with Gasteiger partial charge >= 0.3 is 0 Å². The highest BCUT2D eigenvalue weighted by Crippen LogP contribution is 2.22. The predicted octanol–water partition coefficient (Wildman–Crippen LogP) is 3.32. The number of amides is 1. The van der Waals surface area contributed by atoms with Gasteiger partial charge in [0.2, 0.25) is 15.9 Å². The monoisotopic (exact) mass is 450 g/mol. The van der Waals surface area contributed by atoms with Crippen molar-refractivity contribution in [3.63, 3.8) is 0 Å². The van der Waals surface area contributed by atoms with Gasteiger partial charge in [0.1, 0.15) is 5.75 Å². The van der Waals surface area contributed by atoms with Crippen molar-refractivity contribution in [2.75, 3.05) is 35.0 Å². The van der Waals surface area contributed by atoms with Gasteiger partial charge < -0.3 is 10.2 Å². The van der Waals surface area contributed by atoms with Crippen LogP contribution in [0, 0.1) is 6.92 Å². The summed E-state index contributed by atoms with van der Waals surface area (Å²) in [6, 6.07) is 7.35. The second-order valence-corrected chi connectivity index (χ2v) is 10.3. The van der Waals surface area contributed by atoms with E-state index in [1.54, 1.807) is 23.5 Å². The summed E-state index contributed by atoms with van der Waals surface area (Å²) < 4.78 is 27.1. The number of unbranched alkanes of at least 4 members (excludes halogenated alkanes) is 1. The minimum absolute atomic E-state index is 0.462. The van der Waals surface area contributed by atoms with Crippen molar-refractivity contribution in [1.82, 2.24) is 10.3 Å². The molecule has 0 spiro atoms. The van der Waals surface area contributed by atoms with Gasteiger partial charge in [-0.3, -0.25) is 9.52 Å². The first-order valence-corrected chi connectivity index (χ1v) is 13.0. The molecule has 164 valence electrons. The van der Waals surface area contributed by atoms with Gasteiger partial charge in [0.25, 0.3) is 0 Å². The Morgan fingerprint density at radius 3 is 2.53 bits per heavy atom. The lowest BCUT2D eigenvalue weighted by Crippen LogP contribution is -2.33. The van der Waals surface area contributed by atoms with Crippen LogP contribution in [-0.4, -0.2) is 44.7 Å². The lowest BCUT2D eigenvalue weighted by molar-refractivity contribution is -0.118. The number of rotatable bonds is 10. The average Bonchev–Trinajstić information content (AvgIpc) is 3.13. The number of sulfonamides is 1. The number of anilines is 2. The molecule has 1 aliphatic rings. The largest absolute Gasteiger partial charge is 0.372 e. The summed E-state index contributed by atoms with van der Waals surface area (Å²) in [4.78, 5) is 18.7. The first-order valence-electron chi connectivity index (χ1n) is 10.4. The van der Waals surface area contributed by atoms with Crippen LogP contribution in [0.2, 0.25) is 0 Å². The third-order valence-corrected chi connectivity index (χ3v) is 7.20. The topological polar surface area (TPSA) is 91.4 Å². The maximum Gasteiger partial charge on any atom is 0.241 e. The first-order chi connectivity index (χ1) is 14.4. The van der Waals surface area contributed by atoms with Crippen molar-refractivity contribution in [3.05, 3.63) is 40.3 Å². The van der Waals surface area contributed by atoms with E-state index in [2.05, 4.69) is 19.9 Å². The molecule has 2 aromatic rings. The number of benzene rings is 1. The van der Waals surface area contributed by atoms with Crippen LogP contribution in [0.15, 0.2) is 29.6 Å². The number of aromatic nitrogens is 1. The molecule has 0 unspecified atom stereocenters. The van der Waals surface area contributed by atoms with Crippen LogP contribution in [-0.2, 0) is 21.2 Å². The van der Waals surface area contributed by atoms with Gasteiger partial charge in [0, 0.05) is 42.1 Å². The van der Waals surface area contributed by atoms with Crippen molar-refractivity contribution in [2.45, 2.75) is 45.4 Å². The second-order valence-electron chi connectivity index (χ2n) is 7.65. The van der Waals surface area contributed by atoms with Crippen molar-refractivity contribution in [2.24, 2.45) is 0 Å². The molecule has 0 atom stereocenters. The third-order valence-electron chi connectivity index (χ3n) is 4.99. The van der Waals surface area contributed by atoms with Crippen LogP contribution in [0.4, 0.5) is 11.4 Å². The van der Waals surface area contributed by atoms with E-state index in [4.69, 9.17) is 0 Å². The molecular weight excluding hydrogens is 420 g/mol. The number of nitrogens with zero attached hydrogens (tertiary/aromatic N) is 2. The molecule has 9 heteroatoms. The molecule has 2 heterocycles. The average molecular weight is 451 g/mol. The number of thiazole rings is 1. The van der Waals surface area contributed by atoms with E-state index < -0.39 is 21.7 Å². The van der Waals surface area contributed by atoms with Crippen LogP contribution in [0.25, 0.3) is 0 Å². The molecular formula is C21H30N4O3S2. The number of carbonyl (C=O) groups is 1. The minimum atomic E-state index is -3.74. The Bertz CT molecular complexity index is 920. The summed E-state index contributed by atoms with van der Waals surface area (Å²) in [6.45, 7) is 4.50. The first kappa shape index (κ1) is 22.6. The van der Waals surface area contributed by atoms with Crippen LogP contribution in [0.3, 0.4) is 0 Å². The Morgan fingerprint density at radius 2 is 1.87 bits per heavy atom. The molecule has 1 fully saturated rings. The highest BCUT2D eigenvalue weighted by Gasteiger charge is 2.17. The van der Waals surface area contributed by atoms with E-state index in [9.17, 15) is 13.2 Å². The van der Waals surface area contributed by atoms with E-state index >= 15 is 0 Å². The zero-order chi connectivity index (χ0) is 21.4. The summed E-state index contributed by atoms with van der Waals surface area (Å²) in [5, 5.41) is 5.80. The second kappa shape index (κ2) is 10.8. The van der Waals surface area contributed by atoms with Crippen LogP contribution < -0.4 is 14.9 Å². The maximum absolute atomic E-state index is 12.3. The van der Waals surface area contributed by atoms with Gasteiger partial charge in [-0.2, -0.15) is 0 Å². The third kappa shape index (κ3) is 7.28. The van der Waals surface area contributed by atoms with Crippen molar-refractivity contribution in [1.29, 1.82) is 0 Å². The summed E-state index contributed by atoms with van der Waals surface area (Å²) in [7, 11) is -3.74. The Kier molecular flexibility index (Phi) is 8.09. The van der Waals surface area contributed by atoms with Crippen LogP contribution in [0.1, 0.15) is 42.8 Å². The van der Waals surface area contributed by atoms with Gasteiger partial charge in [0.05, 0.1) is 5.01 Å². The molecule has 0 saturated carbocycles. The normalized spacial score (nSPS) is 14.5. The fourth-order valence-electron chi connectivity index (χ4n) is 3.48. The Labute approximate surface area is 183 Å². The fourth-order valence-corrected chi connectivity index (χ4v) is 5.31. The number of hydrogen-bond acceptors (Lipinski definition) is 6. The smallest absolute Gasteiger partial charge is 0.241 e. The van der Waals surface area contributed by atoms with E-state index in [0.29, 0.717) is 12.2 Å². The highest BCUT2D eigenvalue weighted by atomic mass is 32.2. The summed E-state index contributed by atoms with van der Waals surface area (Å²) >= 11 is 1.64. The highest BCUT2D eigenvalue weighted by molar-refractivity contribution is 7.93. The molecule has 0 bridgehead atoms. The molecule has 7 nitrogen and oxygen atoms in total. The number of carbonyl (C=O) groups excluding carboxylic acids is 1. The van der Waals surface area contributed by atoms with E-state index in [1.807, 2.05) is 24.4 Å². The zero-order valence-electron chi connectivity index (χ0n) is 17.4. The standard InChI is InChI=1S/C21H30N4O3S2/c1-17-15-29-21(23-17)7-3-4-12-22-20(26)16-30(27,28)24-18-8-10-19(11-9-18)25-13-5-2-6-14-25/h8-11,15,24H,2-7,12-14,16H2,1H3,(H,22,26). The lowest BCUT2D eigenvalue weighted by atomic mass is 10.1. The number of piperidine rings is 1. The molecule has 1 aromatic heterocycles. The lowest BCUT2D eigenvalue weighted by Gasteiger charge is -2.28. The number of aryl methyl sites for hydroxylation is 2. The molecule has 30 heavy (non-hydrogen) atoms. The molecule has 1 amide bonds. The molecule has 2 N–H and O–H groups in total. The van der Waals surface area contributed by atoms with E-state index in [1.165, 1.54) is 19.3 Å². The van der Waals surface area contributed by atoms with E-state index in [-0.39, 0.29) is 0 Å². The van der Waals surface area contributed by atoms with Gasteiger partial charge in [0.15, 0.2) is 0 Å². The van der Waals surface area contributed by atoms with Gasteiger partial charge in [-0.15, -0.1) is 11.3 Å². The Morgan fingerprint density at radius 1 is 1.13 bits per heavy atom. The van der Waals surface area contributed by atoms with Crippen LogP contribution >= 0.6 is 11.3 Å². The summed E-state index contributed by atoms with van der Waals surface area (Å²) in [6.07, 6.45) is 6.21. The van der Waals surface area contributed by atoms with Gasteiger partial charge in [-0.1, -0.05) is 0 Å². The molecule has 1 aromatic carbocycles. The molecule has 0 radical (unpaired) electrons. The quantitative estimate of drug-likeness (QED) is 0.542. The maximum atomic E-state index is 12.3. The summed E-state index contributed by atoms with van der Waals surface area (Å²) in [5.41, 5.74) is 2.60. The van der Waals surface area contributed by atoms with Crippen molar-refractivity contribution in [3.8, 4) is 0 Å². The zero-order valence-corrected chi connectivity index (χ0v) is 19.0. The summed E-state index contributed by atoms with van der Waals surface area (Å²) in [5.74, 6) is -1.07. The van der Waals surface area contributed by atoms with Gasteiger partial charge in [-0.05, 0) is 69.7 Å². The van der Waals surface area contributed by atoms with Crippen LogP contribution in [0.5, 0.6) is 0 Å². The molecule has 1 aliphatic heterocycles.